The average molecular weight is 449 g/mol. The highest BCUT2D eigenvalue weighted by molar-refractivity contribution is 7.92. The van der Waals surface area contributed by atoms with Crippen molar-refractivity contribution in [3.05, 3.63) is 72.3 Å². The SMILES string of the molecule is Cc1ccc(S(=O)(=O)Nc2nc3ccccc3nc2Nc2cccc3nsnc23)cc1. The Hall–Kier alpha value is -3.63. The number of sulfonamides is 1. The summed E-state index contributed by atoms with van der Waals surface area (Å²) in [6, 6.07) is 19.4. The summed E-state index contributed by atoms with van der Waals surface area (Å²) in [6.45, 7) is 1.90. The maximum atomic E-state index is 13.0. The van der Waals surface area contributed by atoms with E-state index in [9.17, 15) is 8.42 Å². The molecule has 5 aromatic rings. The Morgan fingerprint density at radius 3 is 2.19 bits per heavy atom. The van der Waals surface area contributed by atoms with Crippen LogP contribution in [0.3, 0.4) is 0 Å². The molecule has 0 aliphatic heterocycles. The zero-order chi connectivity index (χ0) is 21.4. The average Bonchev–Trinajstić information content (AvgIpc) is 3.24. The summed E-state index contributed by atoms with van der Waals surface area (Å²) >= 11 is 1.11. The number of anilines is 3. The Labute approximate surface area is 182 Å². The van der Waals surface area contributed by atoms with Crippen LogP contribution in [-0.2, 0) is 10.0 Å². The molecule has 0 unspecified atom stereocenters. The van der Waals surface area contributed by atoms with Crippen molar-refractivity contribution in [3.63, 3.8) is 0 Å². The van der Waals surface area contributed by atoms with Gasteiger partial charge >= 0.3 is 0 Å². The largest absolute Gasteiger partial charge is 0.335 e. The molecule has 0 fully saturated rings. The summed E-state index contributed by atoms with van der Waals surface area (Å²) < 4.78 is 37.1. The van der Waals surface area contributed by atoms with Crippen LogP contribution in [0.25, 0.3) is 22.1 Å². The van der Waals surface area contributed by atoms with E-state index in [1.807, 2.05) is 43.3 Å². The molecule has 2 aromatic heterocycles. The van der Waals surface area contributed by atoms with Crippen molar-refractivity contribution in [2.45, 2.75) is 11.8 Å². The predicted octanol–water partition coefficient (Wildman–Crippen LogP) is 4.49. The Bertz CT molecular complexity index is 1510. The van der Waals surface area contributed by atoms with Crippen molar-refractivity contribution in [1.82, 2.24) is 18.7 Å². The van der Waals surface area contributed by atoms with E-state index in [-0.39, 0.29) is 16.5 Å². The monoisotopic (exact) mass is 448 g/mol. The quantitative estimate of drug-likeness (QED) is 0.408. The maximum Gasteiger partial charge on any atom is 0.263 e. The molecule has 0 saturated carbocycles. The molecule has 8 nitrogen and oxygen atoms in total. The molecule has 0 radical (unpaired) electrons. The molecule has 0 atom stereocenters. The van der Waals surface area contributed by atoms with Gasteiger partial charge in [0, 0.05) is 0 Å². The van der Waals surface area contributed by atoms with Gasteiger partial charge in [-0.15, -0.1) is 0 Å². The molecule has 3 aromatic carbocycles. The van der Waals surface area contributed by atoms with E-state index >= 15 is 0 Å². The van der Waals surface area contributed by atoms with E-state index in [1.54, 1.807) is 30.3 Å². The number of hydrogen-bond acceptors (Lipinski definition) is 8. The number of rotatable bonds is 5. The molecule has 2 N–H and O–H groups in total. The molecule has 0 bridgehead atoms. The first kappa shape index (κ1) is 19.3. The summed E-state index contributed by atoms with van der Waals surface area (Å²) in [5.41, 5.74) is 4.25. The van der Waals surface area contributed by atoms with E-state index in [4.69, 9.17) is 0 Å². The maximum absolute atomic E-state index is 13.0. The summed E-state index contributed by atoms with van der Waals surface area (Å²) in [4.78, 5) is 9.27. The topological polar surface area (TPSA) is 110 Å². The van der Waals surface area contributed by atoms with Crippen LogP contribution >= 0.6 is 11.7 Å². The molecule has 31 heavy (non-hydrogen) atoms. The second-order valence-corrected chi connectivity index (χ2v) is 9.10. The molecule has 2 heterocycles. The van der Waals surface area contributed by atoms with Gasteiger partial charge in [0.05, 0.1) is 33.3 Å². The number of benzene rings is 3. The van der Waals surface area contributed by atoms with Gasteiger partial charge in [0.15, 0.2) is 11.6 Å². The Kier molecular flexibility index (Phi) is 4.72. The van der Waals surface area contributed by atoms with Gasteiger partial charge in [-0.2, -0.15) is 8.75 Å². The molecule has 0 aliphatic carbocycles. The summed E-state index contributed by atoms with van der Waals surface area (Å²) in [5.74, 6) is 0.370. The molecule has 10 heteroatoms. The number of hydrogen-bond donors (Lipinski definition) is 2. The van der Waals surface area contributed by atoms with Crippen LogP contribution < -0.4 is 10.0 Å². The minimum atomic E-state index is -3.86. The Balaban J connectivity index is 1.61. The number of aryl methyl sites for hydroxylation is 1. The van der Waals surface area contributed by atoms with Gasteiger partial charge in [-0.05, 0) is 43.3 Å². The molecule has 5 rings (SSSR count). The van der Waals surface area contributed by atoms with Gasteiger partial charge in [0.25, 0.3) is 10.0 Å². The zero-order valence-corrected chi connectivity index (χ0v) is 17.9. The van der Waals surface area contributed by atoms with E-state index < -0.39 is 10.0 Å². The highest BCUT2D eigenvalue weighted by Gasteiger charge is 2.19. The normalized spacial score (nSPS) is 11.6. The van der Waals surface area contributed by atoms with E-state index in [1.165, 1.54) is 0 Å². The van der Waals surface area contributed by atoms with E-state index in [0.717, 1.165) is 22.8 Å². The van der Waals surface area contributed by atoms with Crippen LogP contribution in [0.5, 0.6) is 0 Å². The van der Waals surface area contributed by atoms with E-state index in [0.29, 0.717) is 22.2 Å². The fraction of sp³-hybridized carbons (Fsp3) is 0.0476. The Morgan fingerprint density at radius 2 is 1.45 bits per heavy atom. The van der Waals surface area contributed by atoms with Crippen LogP contribution in [0.2, 0.25) is 0 Å². The van der Waals surface area contributed by atoms with Crippen molar-refractivity contribution < 1.29 is 8.42 Å². The second kappa shape index (κ2) is 7.56. The summed E-state index contributed by atoms with van der Waals surface area (Å²) in [5, 5.41) is 3.18. The first-order chi connectivity index (χ1) is 15.0. The summed E-state index contributed by atoms with van der Waals surface area (Å²) in [7, 11) is -3.86. The second-order valence-electron chi connectivity index (χ2n) is 6.89. The van der Waals surface area contributed by atoms with Gasteiger partial charge in [0.1, 0.15) is 11.0 Å². The first-order valence-corrected chi connectivity index (χ1v) is 11.6. The minimum absolute atomic E-state index is 0.0967. The lowest BCUT2D eigenvalue weighted by atomic mass is 10.2. The third-order valence-corrected chi connectivity index (χ3v) is 6.57. The third-order valence-electron chi connectivity index (χ3n) is 4.67. The molecular formula is C21H16N6O2S2. The van der Waals surface area contributed by atoms with Crippen molar-refractivity contribution in [3.8, 4) is 0 Å². The van der Waals surface area contributed by atoms with Crippen molar-refractivity contribution in [1.29, 1.82) is 0 Å². The lowest BCUT2D eigenvalue weighted by molar-refractivity contribution is 0.601. The van der Waals surface area contributed by atoms with Gasteiger partial charge < -0.3 is 5.32 Å². The molecular weight excluding hydrogens is 432 g/mol. The number of nitrogens with zero attached hydrogens (tertiary/aromatic N) is 4. The molecule has 0 amide bonds. The lowest BCUT2D eigenvalue weighted by Crippen LogP contribution is -2.16. The smallest absolute Gasteiger partial charge is 0.263 e. The van der Waals surface area contributed by atoms with Crippen molar-refractivity contribution >= 4 is 61.1 Å². The van der Waals surface area contributed by atoms with Crippen molar-refractivity contribution in [2.75, 3.05) is 10.0 Å². The third kappa shape index (κ3) is 3.78. The van der Waals surface area contributed by atoms with Gasteiger partial charge in [-0.1, -0.05) is 35.9 Å². The van der Waals surface area contributed by atoms with Crippen LogP contribution in [0.1, 0.15) is 5.56 Å². The number of aromatic nitrogens is 4. The highest BCUT2D eigenvalue weighted by Crippen LogP contribution is 2.30. The molecule has 0 aliphatic rings. The highest BCUT2D eigenvalue weighted by atomic mass is 32.2. The molecule has 0 saturated heterocycles. The molecule has 0 spiro atoms. The fourth-order valence-electron chi connectivity index (χ4n) is 3.10. The standard InChI is InChI=1S/C21H16N6O2S2/c1-13-9-11-14(12-10-13)31(28,29)27-21-20(22-15-5-2-3-6-16(15)23-21)24-17-7-4-8-18-19(17)26-30-25-18/h2-12H,1H3,(H,22,24)(H,23,27). The van der Waals surface area contributed by atoms with Gasteiger partial charge in [-0.3, -0.25) is 4.72 Å². The summed E-state index contributed by atoms with van der Waals surface area (Å²) in [6.07, 6.45) is 0. The zero-order valence-electron chi connectivity index (χ0n) is 16.3. The van der Waals surface area contributed by atoms with Crippen LogP contribution in [-0.4, -0.2) is 27.1 Å². The van der Waals surface area contributed by atoms with Crippen LogP contribution in [0.15, 0.2) is 71.6 Å². The van der Waals surface area contributed by atoms with Gasteiger partial charge in [0.2, 0.25) is 0 Å². The number of para-hydroxylation sites is 2. The predicted molar refractivity (Wildman–Crippen MR) is 122 cm³/mol. The van der Waals surface area contributed by atoms with E-state index in [2.05, 4.69) is 28.8 Å². The van der Waals surface area contributed by atoms with Crippen LogP contribution in [0, 0.1) is 6.92 Å². The number of fused-ring (bicyclic) bond motifs is 2. The molecule has 154 valence electrons. The number of nitrogens with one attached hydrogen (secondary N) is 2. The first-order valence-electron chi connectivity index (χ1n) is 9.34. The Morgan fingerprint density at radius 1 is 0.774 bits per heavy atom. The lowest BCUT2D eigenvalue weighted by Gasteiger charge is -2.14. The van der Waals surface area contributed by atoms with Crippen molar-refractivity contribution in [2.24, 2.45) is 0 Å². The minimum Gasteiger partial charge on any atom is -0.335 e. The van der Waals surface area contributed by atoms with Gasteiger partial charge in [-0.25, -0.2) is 18.4 Å². The van der Waals surface area contributed by atoms with Crippen LogP contribution in [0.4, 0.5) is 17.3 Å². The fourth-order valence-corrected chi connectivity index (χ4v) is 4.66.